The Morgan fingerprint density at radius 1 is 1.12 bits per heavy atom. The van der Waals surface area contributed by atoms with E-state index in [1.165, 1.54) is 6.42 Å². The lowest BCUT2D eigenvalue weighted by Crippen LogP contribution is -2.35. The molecule has 2 N–H and O–H groups in total. The number of anilines is 1. The molecule has 3 rings (SSSR count). The van der Waals surface area contributed by atoms with Crippen molar-refractivity contribution in [3.8, 4) is 0 Å². The van der Waals surface area contributed by atoms with Crippen molar-refractivity contribution in [3.05, 3.63) is 29.8 Å². The molecule has 2 atom stereocenters. The summed E-state index contributed by atoms with van der Waals surface area (Å²) in [7, 11) is 0. The van der Waals surface area contributed by atoms with Crippen LogP contribution < -0.4 is 10.6 Å². The van der Waals surface area contributed by atoms with Crippen molar-refractivity contribution in [2.45, 2.75) is 50.9 Å². The second kappa shape index (κ2) is 9.75. The van der Waals surface area contributed by atoms with Crippen LogP contribution in [0.1, 0.15) is 37.7 Å². The van der Waals surface area contributed by atoms with Gasteiger partial charge in [-0.1, -0.05) is 12.1 Å². The van der Waals surface area contributed by atoms with Gasteiger partial charge < -0.3 is 24.8 Å². The number of carbonyl (C=O) groups is 1. The summed E-state index contributed by atoms with van der Waals surface area (Å²) in [6.45, 7) is 3.33. The quantitative estimate of drug-likeness (QED) is 0.795. The van der Waals surface area contributed by atoms with Gasteiger partial charge in [-0.25, -0.2) is 4.79 Å². The van der Waals surface area contributed by atoms with Crippen LogP contribution in [0.5, 0.6) is 0 Å². The third kappa shape index (κ3) is 6.30. The molecule has 2 fully saturated rings. The Morgan fingerprint density at radius 2 is 1.96 bits per heavy atom. The zero-order valence-electron chi connectivity index (χ0n) is 14.7. The number of ether oxygens (including phenoxy) is 3. The Hall–Kier alpha value is -1.63. The molecule has 0 spiro atoms. The first-order valence-corrected chi connectivity index (χ1v) is 9.24. The number of amides is 2. The van der Waals surface area contributed by atoms with Crippen LogP contribution in [0.25, 0.3) is 0 Å². The Kier molecular flexibility index (Phi) is 7.09. The summed E-state index contributed by atoms with van der Waals surface area (Å²) in [5, 5.41) is 5.72. The molecule has 0 aromatic heterocycles. The Morgan fingerprint density at radius 3 is 2.76 bits per heavy atom. The number of rotatable bonds is 7. The van der Waals surface area contributed by atoms with Gasteiger partial charge in [-0.15, -0.1) is 0 Å². The number of nitrogens with one attached hydrogen (secondary N) is 2. The predicted octanol–water partition coefficient (Wildman–Crippen LogP) is 3.07. The summed E-state index contributed by atoms with van der Waals surface area (Å²) >= 11 is 0. The molecule has 0 radical (unpaired) electrons. The fourth-order valence-electron chi connectivity index (χ4n) is 3.17. The lowest BCUT2D eigenvalue weighted by Gasteiger charge is -2.22. The molecule has 0 saturated carbocycles. The van der Waals surface area contributed by atoms with Crippen LogP contribution in [0.2, 0.25) is 0 Å². The largest absolute Gasteiger partial charge is 0.376 e. The van der Waals surface area contributed by atoms with Crippen LogP contribution in [0.3, 0.4) is 0 Å². The summed E-state index contributed by atoms with van der Waals surface area (Å²) < 4.78 is 16.9. The van der Waals surface area contributed by atoms with Crippen molar-refractivity contribution in [1.29, 1.82) is 0 Å². The summed E-state index contributed by atoms with van der Waals surface area (Å²) in [6.07, 6.45) is 5.89. The molecular formula is C19H28N2O4. The van der Waals surface area contributed by atoms with E-state index < -0.39 is 0 Å². The highest BCUT2D eigenvalue weighted by molar-refractivity contribution is 5.89. The Balaban J connectivity index is 1.38. The minimum Gasteiger partial charge on any atom is -0.376 e. The summed E-state index contributed by atoms with van der Waals surface area (Å²) in [5.74, 6) is 0. The number of urea groups is 1. The van der Waals surface area contributed by atoms with Crippen LogP contribution in [0.15, 0.2) is 24.3 Å². The molecule has 0 bridgehead atoms. The van der Waals surface area contributed by atoms with Gasteiger partial charge in [-0.2, -0.15) is 0 Å². The lowest BCUT2D eigenvalue weighted by atomic mass is 10.1. The van der Waals surface area contributed by atoms with Gasteiger partial charge in [0.05, 0.1) is 25.4 Å². The van der Waals surface area contributed by atoms with Gasteiger partial charge in [-0.3, -0.25) is 0 Å². The van der Waals surface area contributed by atoms with Crippen LogP contribution in [0.4, 0.5) is 10.5 Å². The molecule has 2 saturated heterocycles. The highest BCUT2D eigenvalue weighted by Gasteiger charge is 2.16. The minimum atomic E-state index is -0.204. The first kappa shape index (κ1) is 18.2. The van der Waals surface area contributed by atoms with Crippen molar-refractivity contribution < 1.29 is 19.0 Å². The minimum absolute atomic E-state index is 0.146. The molecule has 1 aromatic carbocycles. The first-order valence-electron chi connectivity index (χ1n) is 9.24. The molecule has 2 unspecified atom stereocenters. The van der Waals surface area contributed by atoms with Crippen LogP contribution in [0, 0.1) is 0 Å². The topological polar surface area (TPSA) is 68.8 Å². The highest BCUT2D eigenvalue weighted by atomic mass is 16.5. The van der Waals surface area contributed by atoms with E-state index in [-0.39, 0.29) is 18.2 Å². The molecule has 2 amide bonds. The van der Waals surface area contributed by atoms with Crippen molar-refractivity contribution in [2.75, 3.05) is 31.7 Å². The molecule has 6 nitrogen and oxygen atoms in total. The summed E-state index contributed by atoms with van der Waals surface area (Å²) in [4.78, 5) is 12.0. The van der Waals surface area contributed by atoms with E-state index in [2.05, 4.69) is 10.6 Å². The molecule has 2 aliphatic heterocycles. The maximum Gasteiger partial charge on any atom is 0.319 e. The third-order valence-electron chi connectivity index (χ3n) is 4.55. The van der Waals surface area contributed by atoms with Gasteiger partial charge in [-0.05, 0) is 49.8 Å². The maximum atomic E-state index is 12.0. The fraction of sp³-hybridized carbons (Fsp3) is 0.632. The smallest absolute Gasteiger partial charge is 0.319 e. The van der Waals surface area contributed by atoms with Gasteiger partial charge in [0.15, 0.2) is 0 Å². The van der Waals surface area contributed by atoms with Crippen molar-refractivity contribution in [3.63, 3.8) is 0 Å². The average molecular weight is 348 g/mol. The fourth-order valence-corrected chi connectivity index (χ4v) is 3.17. The highest BCUT2D eigenvalue weighted by Crippen LogP contribution is 2.15. The van der Waals surface area contributed by atoms with Crippen molar-refractivity contribution in [2.24, 2.45) is 0 Å². The van der Waals surface area contributed by atoms with Gasteiger partial charge >= 0.3 is 6.03 Å². The van der Waals surface area contributed by atoms with Crippen LogP contribution in [-0.4, -0.2) is 44.6 Å². The monoisotopic (exact) mass is 348 g/mol. The SMILES string of the molecule is O=C(NCC1CCCO1)Nc1cccc(COCC2CCCCO2)c1. The average Bonchev–Trinajstić information content (AvgIpc) is 3.15. The van der Waals surface area contributed by atoms with E-state index >= 15 is 0 Å². The number of hydrogen-bond donors (Lipinski definition) is 2. The second-order valence-electron chi connectivity index (χ2n) is 6.67. The first-order chi connectivity index (χ1) is 12.3. The molecular weight excluding hydrogens is 320 g/mol. The molecule has 1 aromatic rings. The number of benzene rings is 1. The third-order valence-corrected chi connectivity index (χ3v) is 4.55. The second-order valence-corrected chi connectivity index (χ2v) is 6.67. The van der Waals surface area contributed by atoms with E-state index in [1.807, 2.05) is 24.3 Å². The van der Waals surface area contributed by atoms with E-state index in [0.717, 1.165) is 50.1 Å². The Bertz CT molecular complexity index is 540. The molecule has 25 heavy (non-hydrogen) atoms. The standard InChI is InChI=1S/C19H28N2O4/c22-19(20-12-17-8-4-10-24-17)21-16-6-3-5-15(11-16)13-23-14-18-7-1-2-9-25-18/h3,5-6,11,17-18H,1-2,4,7-10,12-14H2,(H2,20,21,22). The van der Waals surface area contributed by atoms with E-state index in [9.17, 15) is 4.79 Å². The van der Waals surface area contributed by atoms with Crippen LogP contribution in [-0.2, 0) is 20.8 Å². The summed E-state index contributed by atoms with van der Waals surface area (Å²) in [5.41, 5.74) is 1.80. The number of carbonyl (C=O) groups excluding carboxylic acids is 1. The molecule has 6 heteroatoms. The maximum absolute atomic E-state index is 12.0. The van der Waals surface area contributed by atoms with Crippen LogP contribution >= 0.6 is 0 Å². The zero-order chi connectivity index (χ0) is 17.3. The van der Waals surface area contributed by atoms with E-state index in [4.69, 9.17) is 14.2 Å². The van der Waals surface area contributed by atoms with E-state index in [0.29, 0.717) is 19.8 Å². The number of hydrogen-bond acceptors (Lipinski definition) is 4. The molecule has 138 valence electrons. The normalized spacial score (nSPS) is 23.4. The van der Waals surface area contributed by atoms with Gasteiger partial charge in [0.2, 0.25) is 0 Å². The van der Waals surface area contributed by atoms with Gasteiger partial charge in [0.1, 0.15) is 0 Å². The van der Waals surface area contributed by atoms with Crippen molar-refractivity contribution >= 4 is 11.7 Å². The van der Waals surface area contributed by atoms with Gasteiger partial charge in [0.25, 0.3) is 0 Å². The van der Waals surface area contributed by atoms with Gasteiger partial charge in [0, 0.05) is 25.4 Å². The molecule has 2 heterocycles. The Labute approximate surface area is 149 Å². The lowest BCUT2D eigenvalue weighted by molar-refractivity contribution is -0.0447. The zero-order valence-corrected chi connectivity index (χ0v) is 14.7. The van der Waals surface area contributed by atoms with E-state index in [1.54, 1.807) is 0 Å². The predicted molar refractivity (Wildman–Crippen MR) is 95.7 cm³/mol. The molecule has 2 aliphatic rings. The summed E-state index contributed by atoms with van der Waals surface area (Å²) in [6, 6.07) is 7.53. The molecule has 0 aliphatic carbocycles. The van der Waals surface area contributed by atoms with Crippen molar-refractivity contribution in [1.82, 2.24) is 5.32 Å².